The van der Waals surface area contributed by atoms with Gasteiger partial charge in [-0.3, -0.25) is 0 Å². The fraction of sp³-hybridized carbons (Fsp3) is 0.583. The van der Waals surface area contributed by atoms with E-state index >= 15 is 0 Å². The molecule has 2 nitrogen and oxygen atoms in total. The molecule has 1 aromatic heterocycles. The number of nitrogens with zero attached hydrogens (tertiary/aromatic N) is 2. The molecule has 1 aromatic rings. The lowest BCUT2D eigenvalue weighted by Gasteiger charge is -2.28. The van der Waals surface area contributed by atoms with E-state index in [9.17, 15) is 0 Å². The minimum Gasteiger partial charge on any atom is -0.356 e. The summed E-state index contributed by atoms with van der Waals surface area (Å²) in [5.74, 6) is 2.37. The van der Waals surface area contributed by atoms with Crippen LogP contribution < -0.4 is 4.90 Å². The summed E-state index contributed by atoms with van der Waals surface area (Å²) in [7, 11) is 2.07. The zero-order chi connectivity index (χ0) is 12.8. The second-order valence-electron chi connectivity index (χ2n) is 3.86. The third-order valence-electron chi connectivity index (χ3n) is 2.77. The number of alkyl halides is 1. The van der Waals surface area contributed by atoms with E-state index in [1.807, 2.05) is 23.9 Å². The number of hydrogen-bond donors (Lipinski definition) is 0. The van der Waals surface area contributed by atoms with Crippen LogP contribution in [0.25, 0.3) is 0 Å². The zero-order valence-electron chi connectivity index (χ0n) is 10.4. The van der Waals surface area contributed by atoms with Gasteiger partial charge in [-0.1, -0.05) is 18.5 Å². The molecular formula is C12H18Cl2N2S. The molecule has 0 fully saturated rings. The molecule has 96 valence electrons. The average Bonchev–Trinajstić information content (AvgIpc) is 2.35. The number of thioether (sulfide) groups is 1. The van der Waals surface area contributed by atoms with Crippen molar-refractivity contribution < 1.29 is 0 Å². The molecule has 1 atom stereocenters. The van der Waals surface area contributed by atoms with Crippen LogP contribution in [-0.2, 0) is 5.88 Å². The van der Waals surface area contributed by atoms with E-state index < -0.39 is 0 Å². The third kappa shape index (κ3) is 3.94. The number of anilines is 1. The lowest BCUT2D eigenvalue weighted by molar-refractivity contribution is 0.665. The highest BCUT2D eigenvalue weighted by atomic mass is 35.5. The van der Waals surface area contributed by atoms with Crippen molar-refractivity contribution in [3.63, 3.8) is 0 Å². The van der Waals surface area contributed by atoms with Crippen molar-refractivity contribution in [2.45, 2.75) is 25.3 Å². The lowest BCUT2D eigenvalue weighted by Crippen LogP contribution is -2.33. The zero-order valence-corrected chi connectivity index (χ0v) is 12.7. The Hall–Kier alpha value is -0.120. The van der Waals surface area contributed by atoms with Gasteiger partial charge >= 0.3 is 0 Å². The van der Waals surface area contributed by atoms with Gasteiger partial charge in [-0.2, -0.15) is 11.8 Å². The van der Waals surface area contributed by atoms with Crippen LogP contribution in [0.1, 0.15) is 19.0 Å². The Bertz CT molecular complexity index is 360. The summed E-state index contributed by atoms with van der Waals surface area (Å²) in [5, 5.41) is 0.634. The summed E-state index contributed by atoms with van der Waals surface area (Å²) in [6, 6.07) is 4.30. The maximum absolute atomic E-state index is 6.01. The third-order valence-corrected chi connectivity index (χ3v) is 4.09. The monoisotopic (exact) mass is 292 g/mol. The van der Waals surface area contributed by atoms with Crippen LogP contribution in [0.3, 0.4) is 0 Å². The van der Waals surface area contributed by atoms with Crippen LogP contribution in [0.15, 0.2) is 12.1 Å². The fourth-order valence-corrected chi connectivity index (χ4v) is 2.93. The molecule has 0 aromatic carbocycles. The van der Waals surface area contributed by atoms with Gasteiger partial charge in [0.25, 0.3) is 0 Å². The first-order valence-electron chi connectivity index (χ1n) is 5.57. The summed E-state index contributed by atoms with van der Waals surface area (Å²) in [4.78, 5) is 6.69. The molecule has 5 heteroatoms. The normalized spacial score (nSPS) is 12.5. The molecule has 0 aliphatic rings. The molecule has 0 amide bonds. The number of pyridine rings is 1. The number of hydrogen-bond acceptors (Lipinski definition) is 3. The number of halogens is 2. The van der Waals surface area contributed by atoms with E-state index in [1.165, 1.54) is 0 Å². The van der Waals surface area contributed by atoms with Gasteiger partial charge in [0, 0.05) is 18.8 Å². The minimum atomic E-state index is 0.347. The van der Waals surface area contributed by atoms with Gasteiger partial charge in [0.2, 0.25) is 0 Å². The Morgan fingerprint density at radius 3 is 2.71 bits per heavy atom. The van der Waals surface area contributed by atoms with E-state index in [2.05, 4.69) is 30.1 Å². The van der Waals surface area contributed by atoms with Crippen molar-refractivity contribution in [1.82, 2.24) is 4.98 Å². The Morgan fingerprint density at radius 1 is 1.47 bits per heavy atom. The second-order valence-corrected chi connectivity index (χ2v) is 5.45. The molecular weight excluding hydrogens is 275 g/mol. The Balaban J connectivity index is 2.90. The predicted molar refractivity (Wildman–Crippen MR) is 79.7 cm³/mol. The van der Waals surface area contributed by atoms with Gasteiger partial charge in [0.15, 0.2) is 0 Å². The first kappa shape index (κ1) is 14.9. The van der Waals surface area contributed by atoms with E-state index in [1.54, 1.807) is 0 Å². The maximum atomic E-state index is 6.01. The smallest absolute Gasteiger partial charge is 0.128 e. The minimum absolute atomic E-state index is 0.347. The molecule has 0 bridgehead atoms. The van der Waals surface area contributed by atoms with Crippen molar-refractivity contribution >= 4 is 40.8 Å². The van der Waals surface area contributed by atoms with Crippen LogP contribution in [0.2, 0.25) is 5.02 Å². The van der Waals surface area contributed by atoms with Crippen LogP contribution >= 0.6 is 35.0 Å². The Kier molecular flexibility index (Phi) is 6.45. The van der Waals surface area contributed by atoms with Crippen LogP contribution in [0, 0.1) is 0 Å². The first-order chi connectivity index (χ1) is 8.13. The summed E-state index contributed by atoms with van der Waals surface area (Å²) < 4.78 is 0. The van der Waals surface area contributed by atoms with Gasteiger partial charge in [0.1, 0.15) is 5.82 Å². The summed E-state index contributed by atoms with van der Waals surface area (Å²) in [6.07, 6.45) is 3.22. The van der Waals surface area contributed by atoms with Gasteiger partial charge < -0.3 is 4.90 Å². The first-order valence-corrected chi connectivity index (χ1v) is 7.87. The number of aromatic nitrogens is 1. The molecule has 0 saturated heterocycles. The molecule has 1 rings (SSSR count). The van der Waals surface area contributed by atoms with Crippen molar-refractivity contribution in [1.29, 1.82) is 0 Å². The van der Waals surface area contributed by atoms with Crippen molar-refractivity contribution in [2.24, 2.45) is 0 Å². The molecule has 0 aliphatic heterocycles. The summed E-state index contributed by atoms with van der Waals surface area (Å²) in [6.45, 7) is 2.19. The maximum Gasteiger partial charge on any atom is 0.128 e. The van der Waals surface area contributed by atoms with Crippen molar-refractivity contribution in [3.05, 3.63) is 22.8 Å². The van der Waals surface area contributed by atoms with Crippen LogP contribution in [0.5, 0.6) is 0 Å². The fourth-order valence-electron chi connectivity index (χ4n) is 1.65. The summed E-state index contributed by atoms with van der Waals surface area (Å²) >= 11 is 13.7. The molecule has 1 unspecified atom stereocenters. The number of rotatable bonds is 6. The highest BCUT2D eigenvalue weighted by molar-refractivity contribution is 7.98. The summed E-state index contributed by atoms with van der Waals surface area (Å²) in [5.41, 5.74) is 0.747. The second kappa shape index (κ2) is 7.34. The molecule has 0 spiro atoms. The van der Waals surface area contributed by atoms with E-state index in [0.717, 1.165) is 23.7 Å². The molecule has 0 saturated carbocycles. The SMILES string of the molecule is CCC(CSC)N(C)c1ccc(Cl)c(CCl)n1. The molecule has 17 heavy (non-hydrogen) atoms. The largest absolute Gasteiger partial charge is 0.356 e. The van der Waals surface area contributed by atoms with Gasteiger partial charge in [-0.05, 0) is 24.8 Å². The lowest BCUT2D eigenvalue weighted by atomic mass is 10.2. The van der Waals surface area contributed by atoms with E-state index in [-0.39, 0.29) is 0 Å². The van der Waals surface area contributed by atoms with Gasteiger partial charge in [-0.15, -0.1) is 11.6 Å². The van der Waals surface area contributed by atoms with Gasteiger partial charge in [0.05, 0.1) is 16.6 Å². The van der Waals surface area contributed by atoms with Gasteiger partial charge in [-0.25, -0.2) is 4.98 Å². The Morgan fingerprint density at radius 2 is 2.18 bits per heavy atom. The highest BCUT2D eigenvalue weighted by Gasteiger charge is 2.14. The average molecular weight is 293 g/mol. The predicted octanol–water partition coefficient (Wildman–Crippen LogP) is 4.05. The van der Waals surface area contributed by atoms with E-state index in [0.29, 0.717) is 16.9 Å². The van der Waals surface area contributed by atoms with Crippen LogP contribution in [-0.4, -0.2) is 30.1 Å². The topological polar surface area (TPSA) is 16.1 Å². The standard InChI is InChI=1S/C12H18Cl2N2S/c1-4-9(8-17-3)16(2)12-6-5-10(14)11(7-13)15-12/h5-6,9H,4,7-8H2,1-3H3. The van der Waals surface area contributed by atoms with Crippen molar-refractivity contribution in [3.8, 4) is 0 Å². The van der Waals surface area contributed by atoms with Crippen LogP contribution in [0.4, 0.5) is 5.82 Å². The quantitative estimate of drug-likeness (QED) is 0.736. The highest BCUT2D eigenvalue weighted by Crippen LogP contribution is 2.22. The Labute approximate surface area is 118 Å². The molecule has 0 N–H and O–H groups in total. The molecule has 1 heterocycles. The van der Waals surface area contributed by atoms with E-state index in [4.69, 9.17) is 23.2 Å². The molecule has 0 radical (unpaired) electrons. The van der Waals surface area contributed by atoms with Crippen molar-refractivity contribution in [2.75, 3.05) is 24.0 Å². The molecule has 0 aliphatic carbocycles.